The standard InChI is InChI=1S/C24H20N4O3/c1-2-22(29)27-18-10-6-9-17(11-18)21-14-26-23-20(21)12-19(13-25-23)28-24(30)31-15-16-7-4-3-5-8-16/h2-14H,1,15H2,(H,25,26)(H,27,29)(H,28,30). The van der Waals surface area contributed by atoms with E-state index in [4.69, 9.17) is 4.74 Å². The van der Waals surface area contributed by atoms with Crippen LogP contribution in [-0.2, 0) is 16.1 Å². The van der Waals surface area contributed by atoms with Crippen LogP contribution in [0.15, 0.2) is 85.7 Å². The summed E-state index contributed by atoms with van der Waals surface area (Å²) in [5.74, 6) is -0.279. The predicted octanol–water partition coefficient (Wildman–Crippen LogP) is 5.10. The van der Waals surface area contributed by atoms with E-state index >= 15 is 0 Å². The van der Waals surface area contributed by atoms with Crippen molar-refractivity contribution in [3.63, 3.8) is 0 Å². The Morgan fingerprint density at radius 2 is 1.87 bits per heavy atom. The lowest BCUT2D eigenvalue weighted by atomic mass is 10.0. The fourth-order valence-electron chi connectivity index (χ4n) is 3.15. The smallest absolute Gasteiger partial charge is 0.412 e. The molecule has 0 spiro atoms. The van der Waals surface area contributed by atoms with Crippen molar-refractivity contribution in [2.75, 3.05) is 10.6 Å². The van der Waals surface area contributed by atoms with E-state index in [-0.39, 0.29) is 12.5 Å². The molecular weight excluding hydrogens is 392 g/mol. The topological polar surface area (TPSA) is 96.1 Å². The molecule has 0 saturated carbocycles. The first-order valence-electron chi connectivity index (χ1n) is 9.61. The maximum absolute atomic E-state index is 12.2. The Kier molecular flexibility index (Phi) is 5.75. The molecule has 0 unspecified atom stereocenters. The van der Waals surface area contributed by atoms with Crippen LogP contribution in [0.1, 0.15) is 5.56 Å². The molecule has 31 heavy (non-hydrogen) atoms. The Bertz CT molecular complexity index is 1250. The third-order valence-electron chi connectivity index (χ3n) is 4.62. The highest BCUT2D eigenvalue weighted by molar-refractivity contribution is 6.00. The van der Waals surface area contributed by atoms with Crippen molar-refractivity contribution in [1.82, 2.24) is 9.97 Å². The zero-order chi connectivity index (χ0) is 21.6. The minimum atomic E-state index is -0.559. The number of benzene rings is 2. The molecule has 4 rings (SSSR count). The van der Waals surface area contributed by atoms with Crippen molar-refractivity contribution in [3.05, 3.63) is 91.3 Å². The summed E-state index contributed by atoms with van der Waals surface area (Å²) in [6.07, 6.45) is 4.06. The fraction of sp³-hybridized carbons (Fsp3) is 0.0417. The number of aromatic nitrogens is 2. The number of anilines is 2. The molecule has 2 heterocycles. The van der Waals surface area contributed by atoms with E-state index in [1.54, 1.807) is 12.3 Å². The van der Waals surface area contributed by atoms with Crippen LogP contribution >= 0.6 is 0 Å². The third kappa shape index (κ3) is 4.79. The Morgan fingerprint density at radius 3 is 2.68 bits per heavy atom. The molecule has 0 atom stereocenters. The maximum Gasteiger partial charge on any atom is 0.412 e. The van der Waals surface area contributed by atoms with Gasteiger partial charge in [-0.3, -0.25) is 10.1 Å². The Hall–Kier alpha value is -4.39. The van der Waals surface area contributed by atoms with Crippen LogP contribution in [0.3, 0.4) is 0 Å². The van der Waals surface area contributed by atoms with Gasteiger partial charge >= 0.3 is 6.09 Å². The van der Waals surface area contributed by atoms with Gasteiger partial charge in [-0.15, -0.1) is 0 Å². The van der Waals surface area contributed by atoms with Gasteiger partial charge < -0.3 is 15.0 Å². The molecular formula is C24H20N4O3. The first-order valence-corrected chi connectivity index (χ1v) is 9.61. The number of fused-ring (bicyclic) bond motifs is 1. The summed E-state index contributed by atoms with van der Waals surface area (Å²) in [6, 6.07) is 18.7. The fourth-order valence-corrected chi connectivity index (χ4v) is 3.15. The molecule has 2 aromatic heterocycles. The molecule has 7 nitrogen and oxygen atoms in total. The van der Waals surface area contributed by atoms with Gasteiger partial charge in [0.2, 0.25) is 5.91 Å². The number of amides is 2. The third-order valence-corrected chi connectivity index (χ3v) is 4.62. The maximum atomic E-state index is 12.2. The molecule has 154 valence electrons. The summed E-state index contributed by atoms with van der Waals surface area (Å²) < 4.78 is 5.27. The van der Waals surface area contributed by atoms with Crippen molar-refractivity contribution < 1.29 is 14.3 Å². The Morgan fingerprint density at radius 1 is 1.03 bits per heavy atom. The van der Waals surface area contributed by atoms with Crippen molar-refractivity contribution in [2.24, 2.45) is 0 Å². The van der Waals surface area contributed by atoms with Gasteiger partial charge in [-0.25, -0.2) is 9.78 Å². The molecule has 0 aliphatic rings. The number of carbonyl (C=O) groups is 2. The van der Waals surface area contributed by atoms with E-state index in [1.807, 2.05) is 60.8 Å². The summed E-state index contributed by atoms with van der Waals surface area (Å²) in [5, 5.41) is 6.29. The number of H-pyrrole nitrogens is 1. The summed E-state index contributed by atoms with van der Waals surface area (Å²) in [4.78, 5) is 31.3. The number of nitrogens with zero attached hydrogens (tertiary/aromatic N) is 1. The highest BCUT2D eigenvalue weighted by atomic mass is 16.5. The number of pyridine rings is 1. The van der Waals surface area contributed by atoms with Gasteiger partial charge in [0.05, 0.1) is 11.9 Å². The number of ether oxygens (including phenoxy) is 1. The van der Waals surface area contributed by atoms with E-state index in [9.17, 15) is 9.59 Å². The van der Waals surface area contributed by atoms with Gasteiger partial charge in [-0.1, -0.05) is 49.0 Å². The summed E-state index contributed by atoms with van der Waals surface area (Å²) in [7, 11) is 0. The Labute approximate surface area is 178 Å². The molecule has 7 heteroatoms. The van der Waals surface area contributed by atoms with E-state index in [0.29, 0.717) is 17.0 Å². The summed E-state index contributed by atoms with van der Waals surface area (Å²) >= 11 is 0. The monoisotopic (exact) mass is 412 g/mol. The van der Waals surface area contributed by atoms with Gasteiger partial charge in [-0.2, -0.15) is 0 Å². The number of nitrogens with one attached hydrogen (secondary N) is 3. The van der Waals surface area contributed by atoms with Crippen molar-refractivity contribution in [1.29, 1.82) is 0 Å². The minimum Gasteiger partial charge on any atom is -0.444 e. The minimum absolute atomic E-state index is 0.182. The van der Waals surface area contributed by atoms with Crippen LogP contribution in [-0.4, -0.2) is 22.0 Å². The van der Waals surface area contributed by atoms with E-state index < -0.39 is 6.09 Å². The molecule has 0 fully saturated rings. The van der Waals surface area contributed by atoms with Crippen molar-refractivity contribution >= 4 is 34.4 Å². The van der Waals surface area contributed by atoms with Crippen LogP contribution in [0, 0.1) is 0 Å². The van der Waals surface area contributed by atoms with Gasteiger partial charge in [0.25, 0.3) is 0 Å². The van der Waals surface area contributed by atoms with Gasteiger partial charge in [0.1, 0.15) is 12.3 Å². The second-order valence-electron chi connectivity index (χ2n) is 6.78. The quantitative estimate of drug-likeness (QED) is 0.384. The summed E-state index contributed by atoms with van der Waals surface area (Å²) in [6.45, 7) is 3.65. The van der Waals surface area contributed by atoms with Crippen LogP contribution in [0.2, 0.25) is 0 Å². The second kappa shape index (κ2) is 8.96. The SMILES string of the molecule is C=CC(=O)Nc1cccc(-c2c[nH]c3ncc(NC(=O)OCc4ccccc4)cc23)c1. The molecule has 2 aromatic carbocycles. The Balaban J connectivity index is 1.52. The number of hydrogen-bond acceptors (Lipinski definition) is 4. The second-order valence-corrected chi connectivity index (χ2v) is 6.78. The first-order chi connectivity index (χ1) is 15.1. The van der Waals surface area contributed by atoms with Crippen LogP contribution in [0.5, 0.6) is 0 Å². The molecule has 0 aliphatic heterocycles. The number of rotatable bonds is 6. The molecule has 0 radical (unpaired) electrons. The van der Waals surface area contributed by atoms with Gasteiger partial charge in [-0.05, 0) is 35.4 Å². The first kappa shape index (κ1) is 19.9. The lowest BCUT2D eigenvalue weighted by Gasteiger charge is -2.08. The highest BCUT2D eigenvalue weighted by Gasteiger charge is 2.11. The molecule has 2 amide bonds. The molecule has 4 aromatic rings. The van der Waals surface area contributed by atoms with E-state index in [1.165, 1.54) is 6.08 Å². The zero-order valence-corrected chi connectivity index (χ0v) is 16.6. The molecule has 0 saturated heterocycles. The normalized spacial score (nSPS) is 10.5. The average Bonchev–Trinajstić information content (AvgIpc) is 3.22. The molecule has 0 bridgehead atoms. The van der Waals surface area contributed by atoms with Crippen molar-refractivity contribution in [2.45, 2.75) is 6.61 Å². The predicted molar refractivity (Wildman–Crippen MR) is 121 cm³/mol. The number of aromatic amines is 1. The number of hydrogen-bond donors (Lipinski definition) is 3. The van der Waals surface area contributed by atoms with Crippen LogP contribution < -0.4 is 10.6 Å². The average molecular weight is 412 g/mol. The van der Waals surface area contributed by atoms with E-state index in [0.717, 1.165) is 22.1 Å². The molecule has 0 aliphatic carbocycles. The lowest BCUT2D eigenvalue weighted by molar-refractivity contribution is -0.111. The molecule has 3 N–H and O–H groups in total. The van der Waals surface area contributed by atoms with Gasteiger partial charge in [0.15, 0.2) is 0 Å². The highest BCUT2D eigenvalue weighted by Crippen LogP contribution is 2.31. The summed E-state index contributed by atoms with van der Waals surface area (Å²) in [5.41, 5.74) is 4.53. The zero-order valence-electron chi connectivity index (χ0n) is 16.6. The van der Waals surface area contributed by atoms with Crippen molar-refractivity contribution in [3.8, 4) is 11.1 Å². The largest absolute Gasteiger partial charge is 0.444 e. The lowest BCUT2D eigenvalue weighted by Crippen LogP contribution is -2.13. The van der Waals surface area contributed by atoms with E-state index in [2.05, 4.69) is 27.2 Å². The number of carbonyl (C=O) groups excluding carboxylic acids is 2. The van der Waals surface area contributed by atoms with Gasteiger partial charge in [0, 0.05) is 22.8 Å². The van der Waals surface area contributed by atoms with Crippen LogP contribution in [0.4, 0.5) is 16.2 Å². The van der Waals surface area contributed by atoms with Crippen LogP contribution in [0.25, 0.3) is 22.2 Å².